The van der Waals surface area contributed by atoms with E-state index in [9.17, 15) is 18.4 Å². The van der Waals surface area contributed by atoms with E-state index in [4.69, 9.17) is 0 Å². The SMILES string of the molecule is C=CCN(CC(=O)Nc1ccc(F)c(F)c1)C(C)=O. The summed E-state index contributed by atoms with van der Waals surface area (Å²) < 4.78 is 25.6. The quantitative estimate of drug-likeness (QED) is 0.830. The lowest BCUT2D eigenvalue weighted by molar-refractivity contribution is -0.132. The number of benzene rings is 1. The monoisotopic (exact) mass is 268 g/mol. The van der Waals surface area contributed by atoms with Crippen molar-refractivity contribution in [2.24, 2.45) is 0 Å². The zero-order chi connectivity index (χ0) is 14.4. The first-order valence-electron chi connectivity index (χ1n) is 5.55. The van der Waals surface area contributed by atoms with Gasteiger partial charge in [0.05, 0.1) is 0 Å². The summed E-state index contributed by atoms with van der Waals surface area (Å²) in [4.78, 5) is 24.1. The number of nitrogens with one attached hydrogen (secondary N) is 1. The lowest BCUT2D eigenvalue weighted by atomic mass is 10.3. The summed E-state index contributed by atoms with van der Waals surface area (Å²) in [5, 5.41) is 2.38. The molecule has 6 heteroatoms. The molecule has 19 heavy (non-hydrogen) atoms. The molecule has 2 amide bonds. The maximum absolute atomic E-state index is 12.9. The van der Waals surface area contributed by atoms with Crippen molar-refractivity contribution in [1.82, 2.24) is 4.90 Å². The van der Waals surface area contributed by atoms with E-state index < -0.39 is 17.5 Å². The van der Waals surface area contributed by atoms with Crippen LogP contribution in [0.5, 0.6) is 0 Å². The van der Waals surface area contributed by atoms with E-state index >= 15 is 0 Å². The Labute approximate surface area is 109 Å². The van der Waals surface area contributed by atoms with Gasteiger partial charge in [0.15, 0.2) is 11.6 Å². The normalized spacial score (nSPS) is 9.84. The van der Waals surface area contributed by atoms with Crippen LogP contribution >= 0.6 is 0 Å². The number of carbonyl (C=O) groups excluding carboxylic acids is 2. The highest BCUT2D eigenvalue weighted by molar-refractivity contribution is 5.94. The molecule has 0 aliphatic carbocycles. The third-order valence-corrected chi connectivity index (χ3v) is 2.33. The second-order valence-corrected chi connectivity index (χ2v) is 3.87. The predicted octanol–water partition coefficient (Wildman–Crippen LogP) is 1.94. The Kier molecular flexibility index (Phi) is 5.17. The summed E-state index contributed by atoms with van der Waals surface area (Å²) >= 11 is 0. The van der Waals surface area contributed by atoms with Crippen molar-refractivity contribution < 1.29 is 18.4 Å². The molecule has 1 aromatic carbocycles. The van der Waals surface area contributed by atoms with E-state index in [-0.39, 0.29) is 24.7 Å². The molecule has 0 saturated heterocycles. The Morgan fingerprint density at radius 2 is 2.05 bits per heavy atom. The number of rotatable bonds is 5. The maximum atomic E-state index is 12.9. The van der Waals surface area contributed by atoms with Gasteiger partial charge in [-0.2, -0.15) is 0 Å². The van der Waals surface area contributed by atoms with E-state index in [1.54, 1.807) is 0 Å². The number of amides is 2. The highest BCUT2D eigenvalue weighted by atomic mass is 19.2. The van der Waals surface area contributed by atoms with Gasteiger partial charge in [-0.1, -0.05) is 6.08 Å². The minimum atomic E-state index is -1.05. The van der Waals surface area contributed by atoms with Crippen LogP contribution in [0.2, 0.25) is 0 Å². The van der Waals surface area contributed by atoms with Gasteiger partial charge in [0, 0.05) is 25.2 Å². The number of halogens is 2. The zero-order valence-corrected chi connectivity index (χ0v) is 10.5. The Morgan fingerprint density at radius 3 is 2.58 bits per heavy atom. The summed E-state index contributed by atoms with van der Waals surface area (Å²) in [6, 6.07) is 3.03. The number of hydrogen-bond donors (Lipinski definition) is 1. The van der Waals surface area contributed by atoms with Crippen molar-refractivity contribution in [3.63, 3.8) is 0 Å². The van der Waals surface area contributed by atoms with Crippen molar-refractivity contribution in [1.29, 1.82) is 0 Å². The van der Waals surface area contributed by atoms with Crippen LogP contribution in [-0.2, 0) is 9.59 Å². The number of carbonyl (C=O) groups is 2. The molecule has 102 valence electrons. The third-order valence-electron chi connectivity index (χ3n) is 2.33. The molecule has 4 nitrogen and oxygen atoms in total. The predicted molar refractivity (Wildman–Crippen MR) is 67.4 cm³/mol. The standard InChI is InChI=1S/C13H14F2N2O2/c1-3-6-17(9(2)18)8-13(19)16-10-4-5-11(14)12(15)7-10/h3-5,7H,1,6,8H2,2H3,(H,16,19). The second-order valence-electron chi connectivity index (χ2n) is 3.87. The van der Waals surface area contributed by atoms with Crippen LogP contribution in [0.25, 0.3) is 0 Å². The van der Waals surface area contributed by atoms with Gasteiger partial charge in [0.2, 0.25) is 11.8 Å². The average molecular weight is 268 g/mol. The molecule has 1 aromatic rings. The van der Waals surface area contributed by atoms with Crippen molar-refractivity contribution in [2.45, 2.75) is 6.92 Å². The smallest absolute Gasteiger partial charge is 0.244 e. The Bertz CT molecular complexity index is 503. The maximum Gasteiger partial charge on any atom is 0.244 e. The van der Waals surface area contributed by atoms with Gasteiger partial charge in [-0.15, -0.1) is 6.58 Å². The summed E-state index contributed by atoms with van der Waals surface area (Å²) in [6.45, 7) is 4.86. The fraction of sp³-hybridized carbons (Fsp3) is 0.231. The fourth-order valence-corrected chi connectivity index (χ4v) is 1.41. The molecular formula is C13H14F2N2O2. The van der Waals surface area contributed by atoms with Crippen LogP contribution in [0.1, 0.15) is 6.92 Å². The Morgan fingerprint density at radius 1 is 1.37 bits per heavy atom. The average Bonchev–Trinajstić information content (AvgIpc) is 2.33. The fourth-order valence-electron chi connectivity index (χ4n) is 1.41. The molecule has 0 atom stereocenters. The van der Waals surface area contributed by atoms with Gasteiger partial charge in [0.1, 0.15) is 6.54 Å². The van der Waals surface area contributed by atoms with Gasteiger partial charge in [-0.25, -0.2) is 8.78 Å². The molecule has 1 N–H and O–H groups in total. The molecule has 0 aliphatic rings. The van der Waals surface area contributed by atoms with E-state index in [0.717, 1.165) is 12.1 Å². The summed E-state index contributed by atoms with van der Waals surface area (Å²) in [5.74, 6) is -2.81. The van der Waals surface area contributed by atoms with Crippen molar-refractivity contribution in [2.75, 3.05) is 18.4 Å². The molecule has 0 aromatic heterocycles. The zero-order valence-electron chi connectivity index (χ0n) is 10.5. The number of hydrogen-bond acceptors (Lipinski definition) is 2. The summed E-state index contributed by atoms with van der Waals surface area (Å²) in [7, 11) is 0. The molecule has 0 spiro atoms. The minimum Gasteiger partial charge on any atom is -0.330 e. The largest absolute Gasteiger partial charge is 0.330 e. The van der Waals surface area contributed by atoms with Crippen LogP contribution in [-0.4, -0.2) is 29.8 Å². The van der Waals surface area contributed by atoms with Crippen LogP contribution in [0.3, 0.4) is 0 Å². The van der Waals surface area contributed by atoms with E-state index in [2.05, 4.69) is 11.9 Å². The summed E-state index contributed by atoms with van der Waals surface area (Å²) in [5.41, 5.74) is 0.131. The molecule has 0 fully saturated rings. The van der Waals surface area contributed by atoms with Crippen molar-refractivity contribution in [3.8, 4) is 0 Å². The lowest BCUT2D eigenvalue weighted by Gasteiger charge is -2.18. The van der Waals surface area contributed by atoms with Gasteiger partial charge >= 0.3 is 0 Å². The Hall–Kier alpha value is -2.24. The van der Waals surface area contributed by atoms with E-state index in [1.807, 2.05) is 0 Å². The third kappa shape index (κ3) is 4.50. The van der Waals surface area contributed by atoms with Crippen LogP contribution in [0, 0.1) is 11.6 Å². The molecule has 0 bridgehead atoms. The van der Waals surface area contributed by atoms with Crippen molar-refractivity contribution >= 4 is 17.5 Å². The van der Waals surface area contributed by atoms with E-state index in [1.165, 1.54) is 24.0 Å². The summed E-state index contributed by atoms with van der Waals surface area (Å²) in [6.07, 6.45) is 1.49. The molecule has 0 unspecified atom stereocenters. The van der Waals surface area contributed by atoms with Gasteiger partial charge in [-0.3, -0.25) is 9.59 Å². The lowest BCUT2D eigenvalue weighted by Crippen LogP contribution is -2.36. The topological polar surface area (TPSA) is 49.4 Å². The molecule has 0 heterocycles. The molecule has 0 radical (unpaired) electrons. The number of anilines is 1. The van der Waals surface area contributed by atoms with Gasteiger partial charge in [-0.05, 0) is 12.1 Å². The first-order valence-corrected chi connectivity index (χ1v) is 5.55. The van der Waals surface area contributed by atoms with Gasteiger partial charge < -0.3 is 10.2 Å². The highest BCUT2D eigenvalue weighted by Gasteiger charge is 2.12. The molecule has 1 rings (SSSR count). The Balaban J connectivity index is 2.65. The van der Waals surface area contributed by atoms with Crippen LogP contribution in [0.15, 0.2) is 30.9 Å². The second kappa shape index (κ2) is 6.63. The van der Waals surface area contributed by atoms with Gasteiger partial charge in [0.25, 0.3) is 0 Å². The molecular weight excluding hydrogens is 254 g/mol. The first-order chi connectivity index (χ1) is 8.93. The first kappa shape index (κ1) is 14.8. The minimum absolute atomic E-state index is 0.131. The van der Waals surface area contributed by atoms with E-state index in [0.29, 0.717) is 0 Å². The molecule has 0 aliphatic heterocycles. The van der Waals surface area contributed by atoms with Crippen LogP contribution in [0.4, 0.5) is 14.5 Å². The number of nitrogens with zero attached hydrogens (tertiary/aromatic N) is 1. The van der Waals surface area contributed by atoms with Crippen molar-refractivity contribution in [3.05, 3.63) is 42.5 Å². The van der Waals surface area contributed by atoms with Crippen LogP contribution < -0.4 is 5.32 Å². The molecule has 0 saturated carbocycles. The highest BCUT2D eigenvalue weighted by Crippen LogP contribution is 2.12.